The molecule has 9 nitrogen and oxygen atoms in total. The van der Waals surface area contributed by atoms with E-state index in [4.69, 9.17) is 27.0 Å². The lowest BCUT2D eigenvalue weighted by atomic mass is 10.2. The van der Waals surface area contributed by atoms with Crippen molar-refractivity contribution < 1.29 is 32.5 Å². The Bertz CT molecular complexity index is 643. The van der Waals surface area contributed by atoms with Crippen molar-refractivity contribution in [1.82, 2.24) is 0 Å². The van der Waals surface area contributed by atoms with Crippen LogP contribution in [0.4, 0.5) is 5.69 Å². The van der Waals surface area contributed by atoms with Crippen molar-refractivity contribution in [2.24, 2.45) is 5.73 Å². The number of alkyl halides is 1. The lowest BCUT2D eigenvalue weighted by Crippen LogP contribution is -2.12. The second-order valence-electron chi connectivity index (χ2n) is 3.76. The van der Waals surface area contributed by atoms with E-state index in [0.29, 0.717) is 0 Å². The number of benzene rings is 1. The summed E-state index contributed by atoms with van der Waals surface area (Å²) in [4.78, 5) is 30.4. The SMILES string of the molecule is NC(=O)c1ccc(NS(=O)(=O)O)cc1.O=C(O)CC(=O)CCl. The number of primary amides is 1. The van der Waals surface area contributed by atoms with Crippen LogP contribution in [0.1, 0.15) is 16.8 Å². The molecule has 22 heavy (non-hydrogen) atoms. The van der Waals surface area contributed by atoms with Gasteiger partial charge in [-0.1, -0.05) is 0 Å². The summed E-state index contributed by atoms with van der Waals surface area (Å²) < 4.78 is 31.0. The number of anilines is 1. The maximum atomic E-state index is 10.6. The Morgan fingerprint density at radius 3 is 1.95 bits per heavy atom. The molecule has 0 heterocycles. The molecule has 1 rings (SSSR count). The third-order valence-electron chi connectivity index (χ3n) is 1.91. The summed E-state index contributed by atoms with van der Waals surface area (Å²) >= 11 is 4.98. The van der Waals surface area contributed by atoms with Crippen LogP contribution in [0, 0.1) is 0 Å². The quantitative estimate of drug-likeness (QED) is 0.324. The summed E-state index contributed by atoms with van der Waals surface area (Å²) in [6, 6.07) is 5.31. The zero-order valence-electron chi connectivity index (χ0n) is 11.0. The average Bonchev–Trinajstić information content (AvgIpc) is 2.37. The van der Waals surface area contributed by atoms with Crippen molar-refractivity contribution in [2.45, 2.75) is 6.42 Å². The Morgan fingerprint density at radius 1 is 1.18 bits per heavy atom. The summed E-state index contributed by atoms with van der Waals surface area (Å²) in [5.74, 6) is -2.41. The Morgan fingerprint density at radius 2 is 1.68 bits per heavy atom. The van der Waals surface area contributed by atoms with Crippen LogP contribution in [0.15, 0.2) is 24.3 Å². The van der Waals surface area contributed by atoms with Gasteiger partial charge in [-0.25, -0.2) is 0 Å². The largest absolute Gasteiger partial charge is 0.481 e. The molecule has 11 heteroatoms. The topological polar surface area (TPSA) is 164 Å². The van der Waals surface area contributed by atoms with E-state index in [9.17, 15) is 22.8 Å². The van der Waals surface area contributed by atoms with Gasteiger partial charge in [0.15, 0.2) is 5.78 Å². The van der Waals surface area contributed by atoms with Gasteiger partial charge in [-0.05, 0) is 24.3 Å². The number of aliphatic carboxylic acids is 1. The highest BCUT2D eigenvalue weighted by atomic mass is 35.5. The van der Waals surface area contributed by atoms with Gasteiger partial charge < -0.3 is 10.8 Å². The highest BCUT2D eigenvalue weighted by molar-refractivity contribution is 7.87. The number of rotatable bonds is 6. The molecule has 0 bridgehead atoms. The summed E-state index contributed by atoms with van der Waals surface area (Å²) in [7, 11) is -4.28. The molecular formula is C11H13ClN2O7S. The summed E-state index contributed by atoms with van der Waals surface area (Å²) in [5, 5.41) is 7.94. The molecule has 0 saturated heterocycles. The molecule has 0 saturated carbocycles. The lowest BCUT2D eigenvalue weighted by Gasteiger charge is -2.02. The number of hydrogen-bond acceptors (Lipinski definition) is 5. The number of ketones is 1. The van der Waals surface area contributed by atoms with Crippen molar-refractivity contribution in [3.63, 3.8) is 0 Å². The van der Waals surface area contributed by atoms with E-state index in [-0.39, 0.29) is 17.1 Å². The molecule has 0 fully saturated rings. The van der Waals surface area contributed by atoms with Crippen molar-refractivity contribution in [1.29, 1.82) is 0 Å². The molecule has 0 unspecified atom stereocenters. The van der Waals surface area contributed by atoms with Crippen LogP contribution in [-0.4, -0.2) is 41.6 Å². The Hall–Kier alpha value is -2.17. The van der Waals surface area contributed by atoms with E-state index >= 15 is 0 Å². The number of carboxylic acids is 1. The number of halogens is 1. The number of carbonyl (C=O) groups is 3. The van der Waals surface area contributed by atoms with Gasteiger partial charge >= 0.3 is 16.3 Å². The third-order valence-corrected chi connectivity index (χ3v) is 2.71. The van der Waals surface area contributed by atoms with Crippen LogP contribution in [0.25, 0.3) is 0 Å². The number of carbonyl (C=O) groups excluding carboxylic acids is 2. The van der Waals surface area contributed by atoms with E-state index in [0.717, 1.165) is 0 Å². The molecule has 0 spiro atoms. The van der Waals surface area contributed by atoms with E-state index in [1.165, 1.54) is 24.3 Å². The number of carboxylic acid groups (broad SMARTS) is 1. The van der Waals surface area contributed by atoms with Gasteiger partial charge in [0.2, 0.25) is 5.91 Å². The van der Waals surface area contributed by atoms with Gasteiger partial charge in [0.25, 0.3) is 0 Å². The van der Waals surface area contributed by atoms with Crippen molar-refractivity contribution in [3.8, 4) is 0 Å². The molecule has 1 amide bonds. The molecular weight excluding hydrogens is 340 g/mol. The van der Waals surface area contributed by atoms with Crippen molar-refractivity contribution in [2.75, 3.05) is 10.6 Å². The zero-order valence-corrected chi connectivity index (χ0v) is 12.6. The highest BCUT2D eigenvalue weighted by Gasteiger charge is 2.05. The zero-order chi connectivity index (χ0) is 17.3. The molecule has 0 aromatic heterocycles. The van der Waals surface area contributed by atoms with Crippen LogP contribution >= 0.6 is 11.6 Å². The first-order valence-electron chi connectivity index (χ1n) is 5.49. The molecule has 0 aliphatic heterocycles. The molecule has 1 aromatic rings. The Kier molecular flexibility index (Phi) is 8.09. The average molecular weight is 353 g/mol. The maximum Gasteiger partial charge on any atom is 0.357 e. The number of nitrogens with two attached hydrogens (primary N) is 1. The Balaban J connectivity index is 0.000000472. The number of amides is 1. The maximum absolute atomic E-state index is 10.6. The van der Waals surface area contributed by atoms with Gasteiger partial charge in [-0.2, -0.15) is 8.42 Å². The fourth-order valence-corrected chi connectivity index (χ4v) is 1.60. The first-order valence-corrected chi connectivity index (χ1v) is 7.47. The minimum atomic E-state index is -4.28. The van der Waals surface area contributed by atoms with E-state index in [1.807, 2.05) is 4.72 Å². The fourth-order valence-electron chi connectivity index (χ4n) is 1.07. The minimum Gasteiger partial charge on any atom is -0.481 e. The van der Waals surface area contributed by atoms with Crippen LogP contribution in [0.5, 0.6) is 0 Å². The molecule has 1 aromatic carbocycles. The molecule has 5 N–H and O–H groups in total. The van der Waals surface area contributed by atoms with Crippen LogP contribution in [-0.2, 0) is 19.9 Å². The van der Waals surface area contributed by atoms with Crippen LogP contribution in [0.3, 0.4) is 0 Å². The predicted molar refractivity (Wildman–Crippen MR) is 78.1 cm³/mol. The number of nitrogens with one attached hydrogen (secondary N) is 1. The first-order chi connectivity index (χ1) is 10.0. The van der Waals surface area contributed by atoms with Gasteiger partial charge in [0.1, 0.15) is 6.42 Å². The van der Waals surface area contributed by atoms with Crippen molar-refractivity contribution in [3.05, 3.63) is 29.8 Å². The molecule has 122 valence electrons. The standard InChI is InChI=1S/C7H8N2O4S.C4H5ClO3/c8-7(10)5-1-3-6(4-2-5)9-14(11,12)13;5-2-3(6)1-4(7)8/h1-4,9H,(H2,8,10)(H,11,12,13);1-2H2,(H,7,8). The summed E-state index contributed by atoms with van der Waals surface area (Å²) in [5.41, 5.74) is 5.37. The highest BCUT2D eigenvalue weighted by Crippen LogP contribution is 2.09. The first kappa shape index (κ1) is 19.8. The van der Waals surface area contributed by atoms with Gasteiger partial charge in [0.05, 0.1) is 11.6 Å². The molecule has 0 radical (unpaired) electrons. The van der Waals surface area contributed by atoms with E-state index < -0.39 is 34.4 Å². The second kappa shape index (κ2) is 8.97. The van der Waals surface area contributed by atoms with Crippen molar-refractivity contribution >= 4 is 45.3 Å². The molecule has 0 aliphatic carbocycles. The Labute approximate surface area is 130 Å². The van der Waals surface area contributed by atoms with Gasteiger partial charge in [-0.3, -0.25) is 23.7 Å². The molecule has 0 atom stereocenters. The number of hydrogen-bond donors (Lipinski definition) is 4. The van der Waals surface area contributed by atoms with Gasteiger partial charge in [-0.15, -0.1) is 11.6 Å². The van der Waals surface area contributed by atoms with Gasteiger partial charge in [0, 0.05) is 5.56 Å². The summed E-state index contributed by atoms with van der Waals surface area (Å²) in [6.07, 6.45) is -0.469. The van der Waals surface area contributed by atoms with E-state index in [1.54, 1.807) is 0 Å². The second-order valence-corrected chi connectivity index (χ2v) is 5.18. The normalized spacial score (nSPS) is 10.1. The summed E-state index contributed by atoms with van der Waals surface area (Å²) in [6.45, 7) is 0. The predicted octanol–water partition coefficient (Wildman–Crippen LogP) is 0.269. The monoisotopic (exact) mass is 352 g/mol. The van der Waals surface area contributed by atoms with E-state index in [2.05, 4.69) is 0 Å². The van der Waals surface area contributed by atoms with Crippen LogP contribution < -0.4 is 10.5 Å². The smallest absolute Gasteiger partial charge is 0.357 e. The third kappa shape index (κ3) is 9.69. The minimum absolute atomic E-state index is 0.150. The lowest BCUT2D eigenvalue weighted by molar-refractivity contribution is -0.139. The fraction of sp³-hybridized carbons (Fsp3) is 0.182. The number of Topliss-reactive ketones (excluding diaryl/α,β-unsaturated/α-hetero) is 1. The molecule has 0 aliphatic rings. The van der Waals surface area contributed by atoms with Crippen LogP contribution in [0.2, 0.25) is 0 Å².